The first-order valence-corrected chi connectivity index (χ1v) is 7.61. The minimum Gasteiger partial charge on any atom is -0.481 e. The Bertz CT molecular complexity index is 407. The number of carbonyl (C=O) groups excluding carboxylic acids is 2. The smallest absolute Gasteiger partial charge is 0.315 e. The molecule has 21 heavy (non-hydrogen) atoms. The Morgan fingerprint density at radius 3 is 2.57 bits per heavy atom. The van der Waals surface area contributed by atoms with Crippen LogP contribution in [-0.2, 0) is 9.59 Å². The van der Waals surface area contributed by atoms with Crippen LogP contribution in [0.1, 0.15) is 38.5 Å². The Morgan fingerprint density at radius 2 is 1.95 bits per heavy atom. The van der Waals surface area contributed by atoms with Crippen molar-refractivity contribution in [3.05, 3.63) is 0 Å². The Labute approximate surface area is 124 Å². The first-order valence-electron chi connectivity index (χ1n) is 7.61. The molecule has 118 valence electrons. The number of aliphatic carboxylic acids is 1. The number of likely N-dealkylation sites (tertiary alicyclic amines) is 1. The molecule has 3 amide bonds. The van der Waals surface area contributed by atoms with E-state index in [1.54, 1.807) is 0 Å². The van der Waals surface area contributed by atoms with E-state index in [4.69, 9.17) is 5.11 Å². The zero-order chi connectivity index (χ0) is 15.2. The van der Waals surface area contributed by atoms with E-state index in [-0.39, 0.29) is 30.9 Å². The number of nitrogens with one attached hydrogen (secondary N) is 2. The van der Waals surface area contributed by atoms with Crippen LogP contribution in [0, 0.1) is 5.92 Å². The minimum absolute atomic E-state index is 0.0591. The molecule has 0 aromatic heterocycles. The van der Waals surface area contributed by atoms with Gasteiger partial charge in [0.1, 0.15) is 0 Å². The number of carbonyl (C=O) groups is 3. The Morgan fingerprint density at radius 1 is 1.24 bits per heavy atom. The lowest BCUT2D eigenvalue weighted by Crippen LogP contribution is -2.45. The van der Waals surface area contributed by atoms with Crippen LogP contribution >= 0.6 is 0 Å². The van der Waals surface area contributed by atoms with Gasteiger partial charge in [0.2, 0.25) is 5.91 Å². The van der Waals surface area contributed by atoms with Crippen LogP contribution in [0.3, 0.4) is 0 Å². The van der Waals surface area contributed by atoms with Gasteiger partial charge in [-0.05, 0) is 12.8 Å². The fourth-order valence-corrected chi connectivity index (χ4v) is 2.94. The molecular weight excluding hydrogens is 274 g/mol. The Balaban J connectivity index is 1.63. The van der Waals surface area contributed by atoms with Crippen molar-refractivity contribution < 1.29 is 19.5 Å². The quantitative estimate of drug-likeness (QED) is 0.690. The van der Waals surface area contributed by atoms with E-state index in [0.717, 1.165) is 25.7 Å². The van der Waals surface area contributed by atoms with Crippen molar-refractivity contribution in [2.75, 3.05) is 19.6 Å². The third kappa shape index (κ3) is 4.61. The molecule has 7 nitrogen and oxygen atoms in total. The monoisotopic (exact) mass is 297 g/mol. The lowest BCUT2D eigenvalue weighted by atomic mass is 9.96. The van der Waals surface area contributed by atoms with E-state index in [0.29, 0.717) is 13.1 Å². The number of urea groups is 1. The third-order valence-electron chi connectivity index (χ3n) is 4.17. The molecule has 7 heteroatoms. The highest BCUT2D eigenvalue weighted by Gasteiger charge is 2.33. The number of carboxylic acids is 1. The largest absolute Gasteiger partial charge is 0.481 e. The molecule has 0 aromatic carbocycles. The number of carboxylic acid groups (broad SMARTS) is 1. The summed E-state index contributed by atoms with van der Waals surface area (Å²) < 4.78 is 0. The molecule has 2 rings (SSSR count). The van der Waals surface area contributed by atoms with Gasteiger partial charge in [0.25, 0.3) is 0 Å². The van der Waals surface area contributed by atoms with E-state index in [1.165, 1.54) is 11.3 Å². The molecule has 1 aliphatic heterocycles. The van der Waals surface area contributed by atoms with Crippen molar-refractivity contribution in [2.24, 2.45) is 5.92 Å². The van der Waals surface area contributed by atoms with Crippen LogP contribution in [0.4, 0.5) is 4.79 Å². The number of hydrogen-bond donors (Lipinski definition) is 3. The summed E-state index contributed by atoms with van der Waals surface area (Å²) in [4.78, 5) is 35.7. The fraction of sp³-hybridized carbons (Fsp3) is 0.786. The van der Waals surface area contributed by atoms with Crippen LogP contribution < -0.4 is 10.6 Å². The van der Waals surface area contributed by atoms with Crippen LogP contribution in [0.2, 0.25) is 0 Å². The maximum Gasteiger partial charge on any atom is 0.315 e. The van der Waals surface area contributed by atoms with Crippen molar-refractivity contribution in [2.45, 2.75) is 44.6 Å². The van der Waals surface area contributed by atoms with Gasteiger partial charge in [-0.15, -0.1) is 0 Å². The van der Waals surface area contributed by atoms with E-state index < -0.39 is 11.9 Å². The van der Waals surface area contributed by atoms with Crippen LogP contribution in [0.25, 0.3) is 0 Å². The van der Waals surface area contributed by atoms with Crippen molar-refractivity contribution >= 4 is 17.9 Å². The molecule has 0 aromatic rings. The van der Waals surface area contributed by atoms with Crippen LogP contribution in [-0.4, -0.2) is 53.6 Å². The van der Waals surface area contributed by atoms with E-state index >= 15 is 0 Å². The van der Waals surface area contributed by atoms with Gasteiger partial charge in [0, 0.05) is 32.1 Å². The summed E-state index contributed by atoms with van der Waals surface area (Å²) in [6.45, 7) is 0.942. The molecule has 3 N–H and O–H groups in total. The fourth-order valence-electron chi connectivity index (χ4n) is 2.94. The summed E-state index contributed by atoms with van der Waals surface area (Å²) >= 11 is 0. The number of amides is 3. The second-order valence-electron chi connectivity index (χ2n) is 5.81. The van der Waals surface area contributed by atoms with Crippen LogP contribution in [0.5, 0.6) is 0 Å². The van der Waals surface area contributed by atoms with Gasteiger partial charge in [-0.2, -0.15) is 0 Å². The van der Waals surface area contributed by atoms with Gasteiger partial charge in [-0.25, -0.2) is 4.79 Å². The van der Waals surface area contributed by atoms with Crippen molar-refractivity contribution in [1.82, 2.24) is 15.5 Å². The average molecular weight is 297 g/mol. The highest BCUT2D eigenvalue weighted by molar-refractivity contribution is 5.86. The maximum atomic E-state index is 11.7. The van der Waals surface area contributed by atoms with Gasteiger partial charge < -0.3 is 20.6 Å². The molecule has 1 heterocycles. The summed E-state index contributed by atoms with van der Waals surface area (Å²) in [7, 11) is 0. The van der Waals surface area contributed by atoms with Crippen molar-refractivity contribution in [3.8, 4) is 0 Å². The normalized spacial score (nSPS) is 23.1. The standard InChI is InChI=1S/C14H23N3O4/c18-12-8-10(13(19)20)9-17(12)7-6-15-14(21)16-11-4-2-1-3-5-11/h10-11H,1-9H2,(H,19,20)(H2,15,16,21). The average Bonchev–Trinajstić information content (AvgIpc) is 2.82. The van der Waals surface area contributed by atoms with Gasteiger partial charge in [-0.1, -0.05) is 19.3 Å². The second-order valence-corrected chi connectivity index (χ2v) is 5.81. The molecule has 0 spiro atoms. The number of hydrogen-bond acceptors (Lipinski definition) is 3. The van der Waals surface area contributed by atoms with Gasteiger partial charge in [0.15, 0.2) is 0 Å². The SMILES string of the molecule is O=C(NCCN1CC(C(=O)O)CC1=O)NC1CCCCC1. The predicted molar refractivity (Wildman–Crippen MR) is 75.7 cm³/mol. The highest BCUT2D eigenvalue weighted by atomic mass is 16.4. The molecule has 1 unspecified atom stereocenters. The lowest BCUT2D eigenvalue weighted by Gasteiger charge is -2.23. The van der Waals surface area contributed by atoms with Gasteiger partial charge in [-0.3, -0.25) is 9.59 Å². The summed E-state index contributed by atoms with van der Waals surface area (Å²) in [5.74, 6) is -1.71. The molecule has 1 saturated carbocycles. The molecule has 2 fully saturated rings. The highest BCUT2D eigenvalue weighted by Crippen LogP contribution is 2.18. The lowest BCUT2D eigenvalue weighted by molar-refractivity contribution is -0.141. The summed E-state index contributed by atoms with van der Waals surface area (Å²) in [5.41, 5.74) is 0. The van der Waals surface area contributed by atoms with E-state index in [2.05, 4.69) is 10.6 Å². The zero-order valence-electron chi connectivity index (χ0n) is 12.1. The maximum absolute atomic E-state index is 11.7. The summed E-state index contributed by atoms with van der Waals surface area (Å²) in [6, 6.07) is 0.0480. The third-order valence-corrected chi connectivity index (χ3v) is 4.17. The molecule has 0 radical (unpaired) electrons. The summed E-state index contributed by atoms with van der Waals surface area (Å²) in [6.07, 6.45) is 5.66. The summed E-state index contributed by atoms with van der Waals surface area (Å²) in [5, 5.41) is 14.6. The van der Waals surface area contributed by atoms with Gasteiger partial charge >= 0.3 is 12.0 Å². The Kier molecular flexibility index (Phi) is 5.41. The molecule has 2 aliphatic rings. The molecule has 1 saturated heterocycles. The molecule has 1 atom stereocenters. The van der Waals surface area contributed by atoms with Crippen LogP contribution in [0.15, 0.2) is 0 Å². The van der Waals surface area contributed by atoms with Crippen molar-refractivity contribution in [1.29, 1.82) is 0 Å². The Hall–Kier alpha value is -1.79. The minimum atomic E-state index is -0.936. The number of rotatable bonds is 5. The molecule has 1 aliphatic carbocycles. The topological polar surface area (TPSA) is 98.7 Å². The first-order chi connectivity index (χ1) is 10.1. The zero-order valence-corrected chi connectivity index (χ0v) is 12.1. The second kappa shape index (κ2) is 7.28. The predicted octanol–water partition coefficient (Wildman–Crippen LogP) is 0.551. The number of nitrogens with zero attached hydrogens (tertiary/aromatic N) is 1. The molecule has 0 bridgehead atoms. The van der Waals surface area contributed by atoms with Gasteiger partial charge in [0.05, 0.1) is 5.92 Å². The van der Waals surface area contributed by atoms with E-state index in [1.807, 2.05) is 0 Å². The molecular formula is C14H23N3O4. The first kappa shape index (κ1) is 15.6. The van der Waals surface area contributed by atoms with E-state index in [9.17, 15) is 14.4 Å². The van der Waals surface area contributed by atoms with Crippen molar-refractivity contribution in [3.63, 3.8) is 0 Å².